The van der Waals surface area contributed by atoms with Gasteiger partial charge in [-0.1, -0.05) is 12.1 Å². The van der Waals surface area contributed by atoms with Crippen LogP contribution in [0.1, 0.15) is 25.6 Å². The third kappa shape index (κ3) is 5.71. The molecule has 0 bridgehead atoms. The van der Waals surface area contributed by atoms with Crippen molar-refractivity contribution in [2.24, 2.45) is 0 Å². The summed E-state index contributed by atoms with van der Waals surface area (Å²) in [5, 5.41) is 20.7. The van der Waals surface area contributed by atoms with E-state index >= 15 is 0 Å². The van der Waals surface area contributed by atoms with Crippen molar-refractivity contribution in [3.8, 4) is 16.2 Å². The van der Waals surface area contributed by atoms with E-state index in [1.54, 1.807) is 12.1 Å². The Hall–Kier alpha value is -3.38. The van der Waals surface area contributed by atoms with Gasteiger partial charge < -0.3 is 20.3 Å². The average molecular weight is 544 g/mol. The summed E-state index contributed by atoms with van der Waals surface area (Å²) >= 11 is 4.06. The fourth-order valence-corrected chi connectivity index (χ4v) is 4.62. The number of carboxylic acid groups (broad SMARTS) is 2. The lowest BCUT2D eigenvalue weighted by atomic mass is 10.1. The molecule has 3 rings (SSSR count). The maximum atomic E-state index is 12.7. The van der Waals surface area contributed by atoms with Crippen LogP contribution in [0.5, 0.6) is 5.75 Å². The van der Waals surface area contributed by atoms with Crippen molar-refractivity contribution in [1.29, 1.82) is 0 Å². The molecule has 0 spiro atoms. The number of anilines is 1. The molecule has 7 nitrogen and oxygen atoms in total. The molecule has 1 aromatic heterocycles. The van der Waals surface area contributed by atoms with Crippen molar-refractivity contribution in [3.63, 3.8) is 0 Å². The number of hydrogen-bond donors (Lipinski definition) is 3. The number of carbonyl (C=O) groups excluding carboxylic acids is 1. The Balaban J connectivity index is 1.87. The number of nitrogens with one attached hydrogen (secondary N) is 1. The topological polar surface area (TPSA) is 113 Å². The van der Waals surface area contributed by atoms with E-state index in [1.807, 2.05) is 0 Å². The Morgan fingerprint density at radius 1 is 1.06 bits per heavy atom. The maximum Gasteiger partial charge on any atom is 0.416 e. The normalized spacial score (nSPS) is 11.2. The first-order chi connectivity index (χ1) is 15.5. The van der Waals surface area contributed by atoms with Gasteiger partial charge in [-0.3, -0.25) is 4.79 Å². The average Bonchev–Trinajstić information content (AvgIpc) is 3.08. The number of ether oxygens (including phenoxy) is 1. The monoisotopic (exact) mass is 543 g/mol. The number of rotatable bonds is 7. The molecule has 0 saturated heterocycles. The second kappa shape index (κ2) is 9.63. The quantitative estimate of drug-likeness (QED) is 0.357. The highest BCUT2D eigenvalue weighted by Crippen LogP contribution is 2.45. The zero-order valence-electron chi connectivity index (χ0n) is 16.3. The van der Waals surface area contributed by atoms with Crippen LogP contribution < -0.4 is 10.1 Å². The summed E-state index contributed by atoms with van der Waals surface area (Å²) in [6.45, 7) is -0.745. The molecule has 172 valence electrons. The fourth-order valence-electron chi connectivity index (χ4n) is 2.73. The van der Waals surface area contributed by atoms with Crippen molar-refractivity contribution < 1.29 is 42.5 Å². The van der Waals surface area contributed by atoms with Gasteiger partial charge in [0.25, 0.3) is 5.91 Å². The Morgan fingerprint density at radius 3 is 2.30 bits per heavy atom. The molecular weight excluding hydrogens is 531 g/mol. The van der Waals surface area contributed by atoms with Crippen molar-refractivity contribution in [3.05, 3.63) is 69.0 Å². The number of carbonyl (C=O) groups is 3. The molecule has 33 heavy (non-hydrogen) atoms. The van der Waals surface area contributed by atoms with Gasteiger partial charge in [0.1, 0.15) is 0 Å². The van der Waals surface area contributed by atoms with E-state index in [2.05, 4.69) is 21.2 Å². The van der Waals surface area contributed by atoms with Crippen LogP contribution >= 0.6 is 27.3 Å². The number of alkyl halides is 3. The van der Waals surface area contributed by atoms with Gasteiger partial charge in [0, 0.05) is 11.3 Å². The lowest BCUT2D eigenvalue weighted by Gasteiger charge is -2.09. The molecule has 3 aromatic rings. The largest absolute Gasteiger partial charge is 0.479 e. The van der Waals surface area contributed by atoms with Crippen LogP contribution in [-0.4, -0.2) is 34.7 Å². The summed E-state index contributed by atoms with van der Waals surface area (Å²) in [4.78, 5) is 35.1. The van der Waals surface area contributed by atoms with Gasteiger partial charge in [-0.05, 0) is 57.9 Å². The van der Waals surface area contributed by atoms with E-state index in [1.165, 1.54) is 12.1 Å². The molecule has 1 heterocycles. The zero-order valence-corrected chi connectivity index (χ0v) is 18.7. The standard InChI is InChI=1S/C21H13BrF3NO6S/c22-15-16(32-9-14(27)28)18(20(30)31)33-17(15)10-2-1-3-11(8-10)19(29)26-13-6-4-12(5-7-13)21(23,24)25/h1-8H,9H2,(H,26,29)(H,27,28)(H,30,31). The van der Waals surface area contributed by atoms with Gasteiger partial charge in [0.2, 0.25) is 0 Å². The molecule has 12 heteroatoms. The van der Waals surface area contributed by atoms with Crippen LogP contribution in [0.2, 0.25) is 0 Å². The molecule has 0 aliphatic rings. The first-order valence-electron chi connectivity index (χ1n) is 8.96. The number of hydrogen-bond acceptors (Lipinski definition) is 5. The second-order valence-corrected chi connectivity index (χ2v) is 8.31. The van der Waals surface area contributed by atoms with Crippen molar-refractivity contribution in [2.75, 3.05) is 11.9 Å². The van der Waals surface area contributed by atoms with Gasteiger partial charge in [-0.15, -0.1) is 11.3 Å². The number of amides is 1. The number of aromatic carboxylic acids is 1. The van der Waals surface area contributed by atoms with Crippen molar-refractivity contribution in [2.45, 2.75) is 6.18 Å². The number of aliphatic carboxylic acids is 1. The third-order valence-corrected chi connectivity index (χ3v) is 6.43. The summed E-state index contributed by atoms with van der Waals surface area (Å²) in [6, 6.07) is 10.0. The van der Waals surface area contributed by atoms with E-state index in [0.717, 1.165) is 35.6 Å². The fraction of sp³-hybridized carbons (Fsp3) is 0.0952. The summed E-state index contributed by atoms with van der Waals surface area (Å²) in [6.07, 6.45) is -4.49. The predicted molar refractivity (Wildman–Crippen MR) is 117 cm³/mol. The number of carboxylic acids is 2. The van der Waals surface area contributed by atoms with Gasteiger partial charge in [0.15, 0.2) is 17.2 Å². The molecule has 0 aliphatic carbocycles. The summed E-state index contributed by atoms with van der Waals surface area (Å²) in [5.41, 5.74) is -0.0781. The van der Waals surface area contributed by atoms with Crippen LogP contribution in [0.25, 0.3) is 10.4 Å². The highest BCUT2D eigenvalue weighted by Gasteiger charge is 2.30. The molecule has 1 amide bonds. The molecule has 0 radical (unpaired) electrons. The minimum absolute atomic E-state index is 0.149. The van der Waals surface area contributed by atoms with E-state index in [4.69, 9.17) is 9.84 Å². The van der Waals surface area contributed by atoms with Crippen LogP contribution in [0.3, 0.4) is 0 Å². The van der Waals surface area contributed by atoms with Crippen molar-refractivity contribution >= 4 is 50.8 Å². The third-order valence-electron chi connectivity index (χ3n) is 4.20. The van der Waals surface area contributed by atoms with Gasteiger partial charge >= 0.3 is 18.1 Å². The summed E-state index contributed by atoms with van der Waals surface area (Å²) in [7, 11) is 0. The zero-order chi connectivity index (χ0) is 24.3. The smallest absolute Gasteiger partial charge is 0.416 e. The first-order valence-corrected chi connectivity index (χ1v) is 10.6. The van der Waals surface area contributed by atoms with E-state index < -0.39 is 36.2 Å². The van der Waals surface area contributed by atoms with E-state index in [9.17, 15) is 32.7 Å². The molecular formula is C21H13BrF3NO6S. The second-order valence-electron chi connectivity index (χ2n) is 6.50. The molecule has 0 fully saturated rings. The Morgan fingerprint density at radius 2 is 1.73 bits per heavy atom. The minimum Gasteiger partial charge on any atom is -0.479 e. The molecule has 2 aromatic carbocycles. The highest BCUT2D eigenvalue weighted by atomic mass is 79.9. The molecule has 0 unspecified atom stereocenters. The summed E-state index contributed by atoms with van der Waals surface area (Å²) < 4.78 is 43.4. The number of thiophene rings is 1. The molecule has 0 aliphatic heterocycles. The Bertz CT molecular complexity index is 1220. The molecule has 3 N–H and O–H groups in total. The van der Waals surface area contributed by atoms with Crippen molar-refractivity contribution in [1.82, 2.24) is 0 Å². The van der Waals surface area contributed by atoms with Crippen LogP contribution in [-0.2, 0) is 11.0 Å². The Kier molecular flexibility index (Phi) is 7.08. The lowest BCUT2D eigenvalue weighted by Crippen LogP contribution is -2.12. The summed E-state index contributed by atoms with van der Waals surface area (Å²) in [5.74, 6) is -3.34. The van der Waals surface area contributed by atoms with Crippen LogP contribution in [0.4, 0.5) is 18.9 Å². The number of benzene rings is 2. The SMILES string of the molecule is O=C(O)COc1c(C(=O)O)sc(-c2cccc(C(=O)Nc3ccc(C(F)(F)F)cc3)c2)c1Br. The predicted octanol–water partition coefficient (Wildman–Crippen LogP) is 5.61. The van der Waals surface area contributed by atoms with E-state index in [0.29, 0.717) is 10.4 Å². The van der Waals surface area contributed by atoms with Gasteiger partial charge in [0.05, 0.1) is 14.9 Å². The van der Waals surface area contributed by atoms with Crippen LogP contribution in [0.15, 0.2) is 53.0 Å². The first kappa shape index (κ1) is 24.3. The van der Waals surface area contributed by atoms with E-state index in [-0.39, 0.29) is 26.4 Å². The lowest BCUT2D eigenvalue weighted by molar-refractivity contribution is -0.139. The van der Waals surface area contributed by atoms with Crippen LogP contribution in [0, 0.1) is 0 Å². The highest BCUT2D eigenvalue weighted by molar-refractivity contribution is 9.10. The Labute approximate surface area is 196 Å². The molecule has 0 saturated carbocycles. The minimum atomic E-state index is -4.49. The molecule has 0 atom stereocenters. The van der Waals surface area contributed by atoms with Gasteiger partial charge in [-0.2, -0.15) is 13.2 Å². The van der Waals surface area contributed by atoms with Gasteiger partial charge in [-0.25, -0.2) is 9.59 Å². The maximum absolute atomic E-state index is 12.7. The number of halogens is 4.